The zero-order valence-electron chi connectivity index (χ0n) is 8.60. The summed E-state index contributed by atoms with van der Waals surface area (Å²) in [4.78, 5) is 2.60. The highest BCUT2D eigenvalue weighted by Crippen LogP contribution is 2.17. The highest BCUT2D eigenvalue weighted by atomic mass is 15.1. The first-order valence-electron chi connectivity index (χ1n) is 5.91. The highest BCUT2D eigenvalue weighted by molar-refractivity contribution is 4.76. The monoisotopic (exact) mass is 182 g/mol. The Morgan fingerprint density at radius 1 is 1.08 bits per heavy atom. The van der Waals surface area contributed by atoms with Crippen LogP contribution in [-0.2, 0) is 0 Å². The summed E-state index contributed by atoms with van der Waals surface area (Å²) in [6.07, 6.45) is 8.49. The van der Waals surface area contributed by atoms with Crippen LogP contribution < -0.4 is 5.32 Å². The van der Waals surface area contributed by atoms with Crippen molar-refractivity contribution < 1.29 is 0 Å². The summed E-state index contributed by atoms with van der Waals surface area (Å²) in [5.41, 5.74) is 0. The fourth-order valence-electron chi connectivity index (χ4n) is 2.23. The molecular weight excluding hydrogens is 160 g/mol. The van der Waals surface area contributed by atoms with E-state index in [4.69, 9.17) is 0 Å². The van der Waals surface area contributed by atoms with Gasteiger partial charge >= 0.3 is 0 Å². The zero-order chi connectivity index (χ0) is 8.93. The lowest BCUT2D eigenvalue weighted by molar-refractivity contribution is 0.304. The van der Waals surface area contributed by atoms with Crippen LogP contribution in [0.2, 0.25) is 0 Å². The molecule has 1 heterocycles. The lowest BCUT2D eigenvalue weighted by Gasteiger charge is -2.27. The SMILES string of the molecule is C1CC(NCCCN2CCCC2)C1. The van der Waals surface area contributed by atoms with E-state index in [1.165, 1.54) is 64.7 Å². The Kier molecular flexibility index (Phi) is 3.62. The molecule has 2 aliphatic rings. The minimum Gasteiger partial charge on any atom is -0.314 e. The second-order valence-corrected chi connectivity index (χ2v) is 4.48. The normalized spacial score (nSPS) is 24.9. The van der Waals surface area contributed by atoms with Crippen LogP contribution in [0.15, 0.2) is 0 Å². The number of rotatable bonds is 5. The Morgan fingerprint density at radius 3 is 2.46 bits per heavy atom. The van der Waals surface area contributed by atoms with Crippen molar-refractivity contribution in [1.82, 2.24) is 10.2 Å². The summed E-state index contributed by atoms with van der Waals surface area (Å²) >= 11 is 0. The molecule has 0 spiro atoms. The van der Waals surface area contributed by atoms with Crippen molar-refractivity contribution in [2.45, 2.75) is 44.6 Å². The molecule has 1 saturated heterocycles. The summed E-state index contributed by atoms with van der Waals surface area (Å²) in [6, 6.07) is 0.874. The molecule has 13 heavy (non-hydrogen) atoms. The van der Waals surface area contributed by atoms with E-state index < -0.39 is 0 Å². The van der Waals surface area contributed by atoms with Crippen molar-refractivity contribution in [1.29, 1.82) is 0 Å². The molecule has 0 aromatic heterocycles. The lowest BCUT2D eigenvalue weighted by Crippen LogP contribution is -2.36. The third-order valence-electron chi connectivity index (χ3n) is 3.39. The van der Waals surface area contributed by atoms with Crippen LogP contribution in [0.4, 0.5) is 0 Å². The summed E-state index contributed by atoms with van der Waals surface area (Å²) in [6.45, 7) is 5.26. The third-order valence-corrected chi connectivity index (χ3v) is 3.39. The summed E-state index contributed by atoms with van der Waals surface area (Å²) in [5.74, 6) is 0. The van der Waals surface area contributed by atoms with Gasteiger partial charge in [-0.15, -0.1) is 0 Å². The topological polar surface area (TPSA) is 15.3 Å². The molecule has 0 atom stereocenters. The average Bonchev–Trinajstić information content (AvgIpc) is 2.53. The lowest BCUT2D eigenvalue weighted by atomic mass is 9.93. The molecule has 1 N–H and O–H groups in total. The van der Waals surface area contributed by atoms with Crippen molar-refractivity contribution in [2.24, 2.45) is 0 Å². The molecule has 2 rings (SSSR count). The van der Waals surface area contributed by atoms with E-state index in [0.29, 0.717) is 0 Å². The molecule has 0 radical (unpaired) electrons. The van der Waals surface area contributed by atoms with Crippen LogP contribution in [-0.4, -0.2) is 37.1 Å². The Balaban J connectivity index is 1.43. The maximum atomic E-state index is 3.62. The van der Waals surface area contributed by atoms with Gasteiger partial charge in [0.25, 0.3) is 0 Å². The molecule has 2 heteroatoms. The number of likely N-dealkylation sites (tertiary alicyclic amines) is 1. The molecule has 0 aromatic carbocycles. The molecule has 2 fully saturated rings. The summed E-state index contributed by atoms with van der Waals surface area (Å²) < 4.78 is 0. The first-order chi connectivity index (χ1) is 6.45. The molecule has 2 nitrogen and oxygen atoms in total. The average molecular weight is 182 g/mol. The highest BCUT2D eigenvalue weighted by Gasteiger charge is 2.16. The number of hydrogen-bond acceptors (Lipinski definition) is 2. The van der Waals surface area contributed by atoms with Crippen molar-refractivity contribution in [3.05, 3.63) is 0 Å². The number of nitrogens with one attached hydrogen (secondary N) is 1. The maximum absolute atomic E-state index is 3.62. The quantitative estimate of drug-likeness (QED) is 0.650. The predicted molar refractivity (Wildman–Crippen MR) is 55.9 cm³/mol. The molecule has 0 aromatic rings. The van der Waals surface area contributed by atoms with Crippen LogP contribution >= 0.6 is 0 Å². The smallest absolute Gasteiger partial charge is 0.00670 e. The molecule has 1 aliphatic carbocycles. The van der Waals surface area contributed by atoms with Gasteiger partial charge < -0.3 is 10.2 Å². The van der Waals surface area contributed by atoms with E-state index in [1.54, 1.807) is 0 Å². The van der Waals surface area contributed by atoms with E-state index in [-0.39, 0.29) is 0 Å². The number of hydrogen-bond donors (Lipinski definition) is 1. The molecule has 1 aliphatic heterocycles. The van der Waals surface area contributed by atoms with Crippen molar-refractivity contribution in [3.8, 4) is 0 Å². The fraction of sp³-hybridized carbons (Fsp3) is 1.00. The van der Waals surface area contributed by atoms with Gasteiger partial charge in [0.05, 0.1) is 0 Å². The third kappa shape index (κ3) is 2.96. The van der Waals surface area contributed by atoms with E-state index in [1.807, 2.05) is 0 Å². The van der Waals surface area contributed by atoms with Gasteiger partial charge in [0, 0.05) is 6.04 Å². The second kappa shape index (κ2) is 4.97. The minimum atomic E-state index is 0.874. The Hall–Kier alpha value is -0.0800. The fourth-order valence-corrected chi connectivity index (χ4v) is 2.23. The van der Waals surface area contributed by atoms with Crippen LogP contribution in [0.5, 0.6) is 0 Å². The Morgan fingerprint density at radius 2 is 1.85 bits per heavy atom. The van der Waals surface area contributed by atoms with Crippen LogP contribution in [0.1, 0.15) is 38.5 Å². The zero-order valence-corrected chi connectivity index (χ0v) is 8.60. The standard InChI is InChI=1S/C11H22N2/c1-2-9-13(8-1)10-4-7-12-11-5-3-6-11/h11-12H,1-10H2. The molecule has 0 amide bonds. The first-order valence-corrected chi connectivity index (χ1v) is 5.91. The van der Waals surface area contributed by atoms with Crippen LogP contribution in [0.25, 0.3) is 0 Å². The molecule has 1 saturated carbocycles. The molecule has 0 unspecified atom stereocenters. The van der Waals surface area contributed by atoms with Gasteiger partial charge in [-0.2, -0.15) is 0 Å². The van der Waals surface area contributed by atoms with Crippen LogP contribution in [0, 0.1) is 0 Å². The molecular formula is C11H22N2. The van der Waals surface area contributed by atoms with E-state index >= 15 is 0 Å². The Labute approximate surface area is 81.7 Å². The van der Waals surface area contributed by atoms with Crippen LogP contribution in [0.3, 0.4) is 0 Å². The van der Waals surface area contributed by atoms with Crippen molar-refractivity contribution in [3.63, 3.8) is 0 Å². The van der Waals surface area contributed by atoms with Crippen molar-refractivity contribution >= 4 is 0 Å². The number of nitrogens with zero attached hydrogens (tertiary/aromatic N) is 1. The van der Waals surface area contributed by atoms with Gasteiger partial charge in [-0.1, -0.05) is 6.42 Å². The molecule has 0 bridgehead atoms. The maximum Gasteiger partial charge on any atom is 0.00670 e. The largest absolute Gasteiger partial charge is 0.314 e. The van der Waals surface area contributed by atoms with Gasteiger partial charge in [-0.3, -0.25) is 0 Å². The van der Waals surface area contributed by atoms with Gasteiger partial charge in [0.15, 0.2) is 0 Å². The van der Waals surface area contributed by atoms with Gasteiger partial charge in [-0.05, 0) is 58.3 Å². The predicted octanol–water partition coefficient (Wildman–Crippen LogP) is 1.61. The van der Waals surface area contributed by atoms with E-state index in [2.05, 4.69) is 10.2 Å². The van der Waals surface area contributed by atoms with Gasteiger partial charge in [0.1, 0.15) is 0 Å². The minimum absolute atomic E-state index is 0.874. The van der Waals surface area contributed by atoms with Gasteiger partial charge in [-0.25, -0.2) is 0 Å². The van der Waals surface area contributed by atoms with E-state index in [0.717, 1.165) is 6.04 Å². The first kappa shape index (κ1) is 9.47. The summed E-state index contributed by atoms with van der Waals surface area (Å²) in [7, 11) is 0. The summed E-state index contributed by atoms with van der Waals surface area (Å²) in [5, 5.41) is 3.62. The second-order valence-electron chi connectivity index (χ2n) is 4.48. The Bertz CT molecular complexity index is 137. The van der Waals surface area contributed by atoms with E-state index in [9.17, 15) is 0 Å². The van der Waals surface area contributed by atoms with Gasteiger partial charge in [0.2, 0.25) is 0 Å². The molecule has 76 valence electrons. The van der Waals surface area contributed by atoms with Crippen molar-refractivity contribution in [2.75, 3.05) is 26.2 Å².